The van der Waals surface area contributed by atoms with Crippen molar-refractivity contribution in [2.75, 3.05) is 0 Å². The molecule has 1 aromatic rings. The third-order valence-electron chi connectivity index (χ3n) is 3.49. The van der Waals surface area contributed by atoms with E-state index < -0.39 is 28.0 Å². The third-order valence-corrected chi connectivity index (χ3v) is 4.98. The van der Waals surface area contributed by atoms with Gasteiger partial charge in [0, 0.05) is 6.04 Å². The molecule has 0 amide bonds. The van der Waals surface area contributed by atoms with Gasteiger partial charge in [-0.15, -0.1) is 0 Å². The first-order valence-electron chi connectivity index (χ1n) is 6.37. The Morgan fingerprint density at radius 2 is 2.00 bits per heavy atom. The van der Waals surface area contributed by atoms with Crippen molar-refractivity contribution in [2.45, 2.75) is 49.6 Å². The molecule has 2 atom stereocenters. The average Bonchev–Trinajstić information content (AvgIpc) is 2.35. The van der Waals surface area contributed by atoms with E-state index in [1.807, 2.05) is 0 Å². The molecule has 2 rings (SSSR count). The maximum Gasteiger partial charge on any atom is 0.241 e. The van der Waals surface area contributed by atoms with Gasteiger partial charge in [0.1, 0.15) is 5.82 Å². The molecule has 4 nitrogen and oxygen atoms in total. The monoisotopic (exact) mass is 287 g/mol. The molecule has 0 heterocycles. The summed E-state index contributed by atoms with van der Waals surface area (Å²) in [6.45, 7) is 1.57. The molecule has 1 aliphatic rings. The van der Waals surface area contributed by atoms with Crippen LogP contribution in [-0.4, -0.2) is 25.7 Å². The second-order valence-corrected chi connectivity index (χ2v) is 6.70. The molecule has 1 saturated carbocycles. The van der Waals surface area contributed by atoms with Crippen molar-refractivity contribution in [1.82, 2.24) is 4.72 Å². The summed E-state index contributed by atoms with van der Waals surface area (Å²) in [5.74, 6) is -0.549. The molecule has 1 aromatic carbocycles. The van der Waals surface area contributed by atoms with Gasteiger partial charge < -0.3 is 5.11 Å². The van der Waals surface area contributed by atoms with Crippen LogP contribution < -0.4 is 4.72 Å². The number of benzene rings is 1. The highest BCUT2D eigenvalue weighted by Gasteiger charge is 2.28. The van der Waals surface area contributed by atoms with Crippen molar-refractivity contribution in [1.29, 1.82) is 0 Å². The average molecular weight is 287 g/mol. The van der Waals surface area contributed by atoms with Gasteiger partial charge in [0.05, 0.1) is 11.0 Å². The quantitative estimate of drug-likeness (QED) is 0.889. The first kappa shape index (κ1) is 14.4. The highest BCUT2D eigenvalue weighted by atomic mass is 32.2. The number of nitrogens with one attached hydrogen (secondary N) is 1. The molecule has 6 heteroatoms. The van der Waals surface area contributed by atoms with Crippen LogP contribution in [0, 0.1) is 12.7 Å². The summed E-state index contributed by atoms with van der Waals surface area (Å²) in [5, 5.41) is 9.78. The molecule has 0 radical (unpaired) electrons. The first-order valence-corrected chi connectivity index (χ1v) is 7.85. The smallest absolute Gasteiger partial charge is 0.241 e. The minimum absolute atomic E-state index is 0.103. The van der Waals surface area contributed by atoms with Crippen LogP contribution in [-0.2, 0) is 10.0 Å². The fourth-order valence-corrected chi connectivity index (χ4v) is 3.57. The number of hydrogen-bond donors (Lipinski definition) is 2. The molecule has 0 saturated heterocycles. The topological polar surface area (TPSA) is 66.4 Å². The molecule has 1 aliphatic carbocycles. The molecular weight excluding hydrogens is 269 g/mol. The standard InChI is InChI=1S/C13H18FNO3S/c1-9-6-7-10(8-11(9)14)19(17,18)15-12-4-2-3-5-13(12)16/h6-8,12-13,15-16H,2-5H2,1H3. The van der Waals surface area contributed by atoms with Crippen LogP contribution in [0.25, 0.3) is 0 Å². The highest BCUT2D eigenvalue weighted by molar-refractivity contribution is 7.89. The molecule has 0 aromatic heterocycles. The predicted octanol–water partition coefficient (Wildman–Crippen LogP) is 1.72. The van der Waals surface area contributed by atoms with Gasteiger partial charge in [0.2, 0.25) is 10.0 Å². The summed E-state index contributed by atoms with van der Waals surface area (Å²) in [6, 6.07) is 3.33. The van der Waals surface area contributed by atoms with E-state index in [4.69, 9.17) is 0 Å². The largest absolute Gasteiger partial charge is 0.391 e. The van der Waals surface area contributed by atoms with E-state index in [1.165, 1.54) is 12.1 Å². The molecule has 0 bridgehead atoms. The SMILES string of the molecule is Cc1ccc(S(=O)(=O)NC2CCCCC2O)cc1F. The lowest BCUT2D eigenvalue weighted by molar-refractivity contribution is 0.101. The lowest BCUT2D eigenvalue weighted by Gasteiger charge is -2.28. The summed E-state index contributed by atoms with van der Waals surface area (Å²) in [7, 11) is -3.78. The van der Waals surface area contributed by atoms with Crippen molar-refractivity contribution < 1.29 is 17.9 Å². The Bertz CT molecular complexity index is 559. The minimum Gasteiger partial charge on any atom is -0.391 e. The lowest BCUT2D eigenvalue weighted by Crippen LogP contribution is -2.44. The van der Waals surface area contributed by atoms with Crippen LogP contribution in [0.5, 0.6) is 0 Å². The van der Waals surface area contributed by atoms with Crippen molar-refractivity contribution in [2.24, 2.45) is 0 Å². The Morgan fingerprint density at radius 3 is 2.63 bits per heavy atom. The molecule has 2 N–H and O–H groups in total. The van der Waals surface area contributed by atoms with Gasteiger partial charge in [-0.05, 0) is 37.5 Å². The highest BCUT2D eigenvalue weighted by Crippen LogP contribution is 2.21. The second-order valence-electron chi connectivity index (χ2n) is 4.99. The Hall–Kier alpha value is -0.980. The molecule has 0 spiro atoms. The second kappa shape index (κ2) is 5.56. The summed E-state index contributed by atoms with van der Waals surface area (Å²) >= 11 is 0. The van der Waals surface area contributed by atoms with Gasteiger partial charge in [-0.25, -0.2) is 17.5 Å². The number of hydrogen-bond acceptors (Lipinski definition) is 3. The summed E-state index contributed by atoms with van der Waals surface area (Å²) < 4.78 is 40.1. The predicted molar refractivity (Wildman–Crippen MR) is 69.7 cm³/mol. The minimum atomic E-state index is -3.78. The summed E-state index contributed by atoms with van der Waals surface area (Å²) in [6.07, 6.45) is 2.31. The molecule has 0 aliphatic heterocycles. The van der Waals surface area contributed by atoms with E-state index in [0.717, 1.165) is 18.9 Å². The maximum absolute atomic E-state index is 13.4. The Balaban J connectivity index is 2.19. The van der Waals surface area contributed by atoms with Crippen molar-refractivity contribution in [3.05, 3.63) is 29.6 Å². The summed E-state index contributed by atoms with van der Waals surface area (Å²) in [5.41, 5.74) is 0.400. The zero-order valence-corrected chi connectivity index (χ0v) is 11.6. The molecule has 106 valence electrons. The number of aliphatic hydroxyl groups is 1. The van der Waals surface area contributed by atoms with Crippen LogP contribution in [0.1, 0.15) is 31.2 Å². The zero-order chi connectivity index (χ0) is 14.0. The zero-order valence-electron chi connectivity index (χ0n) is 10.8. The third kappa shape index (κ3) is 3.32. The van der Waals surface area contributed by atoms with Crippen molar-refractivity contribution >= 4 is 10.0 Å². The number of aryl methyl sites for hydroxylation is 1. The maximum atomic E-state index is 13.4. The molecular formula is C13H18FNO3S. The normalized spacial score (nSPS) is 24.4. The van der Waals surface area contributed by atoms with Gasteiger partial charge >= 0.3 is 0 Å². The fourth-order valence-electron chi connectivity index (χ4n) is 2.26. The van der Waals surface area contributed by atoms with E-state index in [-0.39, 0.29) is 4.90 Å². The molecule has 2 unspecified atom stereocenters. The molecule has 1 fully saturated rings. The van der Waals surface area contributed by atoms with E-state index in [1.54, 1.807) is 6.92 Å². The van der Waals surface area contributed by atoms with E-state index in [2.05, 4.69) is 4.72 Å². The first-order chi connectivity index (χ1) is 8.90. The van der Waals surface area contributed by atoms with Crippen LogP contribution >= 0.6 is 0 Å². The number of halogens is 1. The van der Waals surface area contributed by atoms with Gasteiger partial charge in [0.25, 0.3) is 0 Å². The van der Waals surface area contributed by atoms with Crippen molar-refractivity contribution in [3.63, 3.8) is 0 Å². The van der Waals surface area contributed by atoms with Crippen LogP contribution in [0.15, 0.2) is 23.1 Å². The number of aliphatic hydroxyl groups excluding tert-OH is 1. The Morgan fingerprint density at radius 1 is 1.32 bits per heavy atom. The number of rotatable bonds is 3. The van der Waals surface area contributed by atoms with E-state index in [9.17, 15) is 17.9 Å². The molecule has 19 heavy (non-hydrogen) atoms. The van der Waals surface area contributed by atoms with Crippen LogP contribution in [0.2, 0.25) is 0 Å². The van der Waals surface area contributed by atoms with Gasteiger partial charge in [-0.3, -0.25) is 0 Å². The lowest BCUT2D eigenvalue weighted by atomic mass is 9.93. The fraction of sp³-hybridized carbons (Fsp3) is 0.538. The van der Waals surface area contributed by atoms with Crippen LogP contribution in [0.4, 0.5) is 4.39 Å². The van der Waals surface area contributed by atoms with Gasteiger partial charge in [0.15, 0.2) is 0 Å². The van der Waals surface area contributed by atoms with E-state index in [0.29, 0.717) is 18.4 Å². The number of sulfonamides is 1. The van der Waals surface area contributed by atoms with Crippen LogP contribution in [0.3, 0.4) is 0 Å². The van der Waals surface area contributed by atoms with Crippen molar-refractivity contribution in [3.8, 4) is 0 Å². The van der Waals surface area contributed by atoms with Gasteiger partial charge in [-0.1, -0.05) is 18.9 Å². The van der Waals surface area contributed by atoms with Gasteiger partial charge in [-0.2, -0.15) is 0 Å². The summed E-state index contributed by atoms with van der Waals surface area (Å²) in [4.78, 5) is -0.103. The Kier molecular flexibility index (Phi) is 4.23. The van der Waals surface area contributed by atoms with E-state index >= 15 is 0 Å². The Labute approximate surface area is 112 Å².